The molecule has 1 amide bonds. The first-order chi connectivity index (χ1) is 10.8. The predicted octanol–water partition coefficient (Wildman–Crippen LogP) is 4.56. The normalized spacial score (nSPS) is 14.8. The Morgan fingerprint density at radius 1 is 1.26 bits per heavy atom. The summed E-state index contributed by atoms with van der Waals surface area (Å²) in [7, 11) is 0. The number of anilines is 1. The summed E-state index contributed by atoms with van der Waals surface area (Å²) in [5.41, 5.74) is 5.81. The SMILES string of the molecule is Cc1ccc(-c2n[nH]c(C3CC3)c2NC(=O)C(C)(C)C)c(C)c1. The minimum Gasteiger partial charge on any atom is -0.322 e. The third-order valence-corrected chi connectivity index (χ3v) is 4.34. The zero-order valence-electron chi connectivity index (χ0n) is 14.6. The van der Waals surface area contributed by atoms with Crippen LogP contribution in [0, 0.1) is 19.3 Å². The Labute approximate surface area is 137 Å². The molecule has 122 valence electrons. The molecule has 4 nitrogen and oxygen atoms in total. The average molecular weight is 311 g/mol. The lowest BCUT2D eigenvalue weighted by atomic mass is 9.95. The van der Waals surface area contributed by atoms with Crippen LogP contribution in [0.3, 0.4) is 0 Å². The number of carbonyl (C=O) groups is 1. The summed E-state index contributed by atoms with van der Waals surface area (Å²) in [4.78, 5) is 12.5. The van der Waals surface area contributed by atoms with Crippen molar-refractivity contribution in [2.45, 2.75) is 53.4 Å². The summed E-state index contributed by atoms with van der Waals surface area (Å²) in [5, 5.41) is 10.8. The number of aryl methyl sites for hydroxylation is 2. The third-order valence-electron chi connectivity index (χ3n) is 4.34. The largest absolute Gasteiger partial charge is 0.322 e. The minimum absolute atomic E-state index is 0.0202. The molecule has 2 aromatic rings. The van der Waals surface area contributed by atoms with Gasteiger partial charge in [-0.15, -0.1) is 0 Å². The molecule has 4 heteroatoms. The first-order valence-electron chi connectivity index (χ1n) is 8.24. The number of nitrogens with one attached hydrogen (secondary N) is 2. The van der Waals surface area contributed by atoms with E-state index in [0.29, 0.717) is 5.92 Å². The van der Waals surface area contributed by atoms with Crippen molar-refractivity contribution in [1.82, 2.24) is 10.2 Å². The highest BCUT2D eigenvalue weighted by molar-refractivity contribution is 5.98. The number of benzene rings is 1. The van der Waals surface area contributed by atoms with Crippen molar-refractivity contribution >= 4 is 11.6 Å². The molecule has 2 N–H and O–H groups in total. The fourth-order valence-electron chi connectivity index (χ4n) is 2.72. The van der Waals surface area contributed by atoms with Crippen LogP contribution in [-0.2, 0) is 4.79 Å². The van der Waals surface area contributed by atoms with Gasteiger partial charge in [-0.3, -0.25) is 9.89 Å². The Morgan fingerprint density at radius 3 is 2.52 bits per heavy atom. The zero-order valence-corrected chi connectivity index (χ0v) is 14.6. The van der Waals surface area contributed by atoms with E-state index < -0.39 is 5.41 Å². The van der Waals surface area contributed by atoms with Gasteiger partial charge in [-0.2, -0.15) is 5.10 Å². The van der Waals surface area contributed by atoms with Crippen LogP contribution >= 0.6 is 0 Å². The molecule has 1 aromatic heterocycles. The van der Waals surface area contributed by atoms with E-state index in [4.69, 9.17) is 0 Å². The van der Waals surface area contributed by atoms with Gasteiger partial charge in [0.1, 0.15) is 5.69 Å². The summed E-state index contributed by atoms with van der Waals surface area (Å²) in [5.74, 6) is 0.518. The van der Waals surface area contributed by atoms with E-state index in [1.165, 1.54) is 11.1 Å². The standard InChI is InChI=1S/C19H25N3O/c1-11-6-9-14(12(2)10-11)16-17(20-18(23)19(3,4)5)15(21-22-16)13-7-8-13/h6,9-10,13H,7-8H2,1-5H3,(H,20,23)(H,21,22). The molecule has 0 radical (unpaired) electrons. The molecule has 1 aliphatic rings. The molecule has 0 atom stereocenters. The van der Waals surface area contributed by atoms with Crippen molar-refractivity contribution in [3.05, 3.63) is 35.0 Å². The molecule has 0 spiro atoms. The first-order valence-corrected chi connectivity index (χ1v) is 8.24. The maximum Gasteiger partial charge on any atom is 0.229 e. The summed E-state index contributed by atoms with van der Waals surface area (Å²) in [6.07, 6.45) is 2.32. The van der Waals surface area contributed by atoms with Crippen molar-refractivity contribution in [1.29, 1.82) is 0 Å². The number of rotatable bonds is 3. The second-order valence-electron chi connectivity index (χ2n) is 7.66. The van der Waals surface area contributed by atoms with Crippen molar-refractivity contribution in [3.8, 4) is 11.3 Å². The lowest BCUT2D eigenvalue weighted by molar-refractivity contribution is -0.123. The molecule has 0 aliphatic heterocycles. The van der Waals surface area contributed by atoms with Crippen LogP contribution in [0.1, 0.15) is 56.4 Å². The molecule has 1 fully saturated rings. The van der Waals surface area contributed by atoms with E-state index in [0.717, 1.165) is 35.5 Å². The van der Waals surface area contributed by atoms with Gasteiger partial charge >= 0.3 is 0 Å². The fourth-order valence-corrected chi connectivity index (χ4v) is 2.72. The zero-order chi connectivity index (χ0) is 16.8. The Kier molecular flexibility index (Phi) is 3.78. The lowest BCUT2D eigenvalue weighted by Gasteiger charge is -2.18. The molecule has 0 saturated heterocycles. The number of aromatic amines is 1. The number of hydrogen-bond donors (Lipinski definition) is 2. The van der Waals surface area contributed by atoms with Gasteiger partial charge in [-0.25, -0.2) is 0 Å². The van der Waals surface area contributed by atoms with Crippen LogP contribution in [0.4, 0.5) is 5.69 Å². The van der Waals surface area contributed by atoms with Crippen molar-refractivity contribution in [3.63, 3.8) is 0 Å². The van der Waals surface area contributed by atoms with Gasteiger partial charge in [0.05, 0.1) is 11.4 Å². The number of nitrogens with zero attached hydrogens (tertiary/aromatic N) is 1. The van der Waals surface area contributed by atoms with Gasteiger partial charge in [-0.1, -0.05) is 44.5 Å². The molecule has 23 heavy (non-hydrogen) atoms. The Balaban J connectivity index is 2.05. The molecule has 0 bridgehead atoms. The highest BCUT2D eigenvalue weighted by atomic mass is 16.2. The Bertz CT molecular complexity index is 748. The highest BCUT2D eigenvalue weighted by Crippen LogP contribution is 2.45. The number of carbonyl (C=O) groups excluding carboxylic acids is 1. The highest BCUT2D eigenvalue weighted by Gasteiger charge is 2.32. The summed E-state index contributed by atoms with van der Waals surface area (Å²) in [6, 6.07) is 6.32. The van der Waals surface area contributed by atoms with Gasteiger partial charge in [-0.05, 0) is 32.3 Å². The second-order valence-corrected chi connectivity index (χ2v) is 7.66. The predicted molar refractivity (Wildman–Crippen MR) is 93.6 cm³/mol. The molecule has 1 heterocycles. The van der Waals surface area contributed by atoms with Crippen LogP contribution in [0.25, 0.3) is 11.3 Å². The van der Waals surface area contributed by atoms with Gasteiger partial charge < -0.3 is 5.32 Å². The smallest absolute Gasteiger partial charge is 0.229 e. The van der Waals surface area contributed by atoms with E-state index >= 15 is 0 Å². The number of H-pyrrole nitrogens is 1. The lowest BCUT2D eigenvalue weighted by Crippen LogP contribution is -2.28. The van der Waals surface area contributed by atoms with E-state index in [1.807, 2.05) is 20.8 Å². The fraction of sp³-hybridized carbons (Fsp3) is 0.474. The molecular weight excluding hydrogens is 286 g/mol. The molecule has 1 saturated carbocycles. The number of aromatic nitrogens is 2. The van der Waals surface area contributed by atoms with Gasteiger partial charge in [0.2, 0.25) is 5.91 Å². The van der Waals surface area contributed by atoms with Crippen LogP contribution in [0.15, 0.2) is 18.2 Å². The van der Waals surface area contributed by atoms with Crippen LogP contribution in [-0.4, -0.2) is 16.1 Å². The summed E-state index contributed by atoms with van der Waals surface area (Å²) < 4.78 is 0. The summed E-state index contributed by atoms with van der Waals surface area (Å²) >= 11 is 0. The van der Waals surface area contributed by atoms with Crippen LogP contribution in [0.5, 0.6) is 0 Å². The van der Waals surface area contributed by atoms with E-state index in [-0.39, 0.29) is 5.91 Å². The maximum atomic E-state index is 12.5. The quantitative estimate of drug-likeness (QED) is 0.873. The molecule has 3 rings (SSSR count). The van der Waals surface area contributed by atoms with Crippen LogP contribution < -0.4 is 5.32 Å². The third kappa shape index (κ3) is 3.16. The van der Waals surface area contributed by atoms with E-state index in [2.05, 4.69) is 47.6 Å². The van der Waals surface area contributed by atoms with Gasteiger partial charge in [0.15, 0.2) is 0 Å². The monoisotopic (exact) mass is 311 g/mol. The summed E-state index contributed by atoms with van der Waals surface area (Å²) in [6.45, 7) is 9.95. The maximum absolute atomic E-state index is 12.5. The Hall–Kier alpha value is -2.10. The molecular formula is C19H25N3O. The molecule has 1 aliphatic carbocycles. The van der Waals surface area contributed by atoms with Gasteiger partial charge in [0, 0.05) is 16.9 Å². The first kappa shape index (κ1) is 15.8. The molecule has 1 aromatic carbocycles. The van der Waals surface area contributed by atoms with Crippen molar-refractivity contribution in [2.75, 3.05) is 5.32 Å². The number of amides is 1. The minimum atomic E-state index is -0.433. The van der Waals surface area contributed by atoms with Crippen molar-refractivity contribution < 1.29 is 4.79 Å². The van der Waals surface area contributed by atoms with Crippen molar-refractivity contribution in [2.24, 2.45) is 5.41 Å². The topological polar surface area (TPSA) is 57.8 Å². The van der Waals surface area contributed by atoms with Crippen LogP contribution in [0.2, 0.25) is 0 Å². The molecule has 0 unspecified atom stereocenters. The second kappa shape index (κ2) is 5.52. The average Bonchev–Trinajstić information content (AvgIpc) is 3.21. The van der Waals surface area contributed by atoms with E-state index in [9.17, 15) is 4.79 Å². The Morgan fingerprint density at radius 2 is 1.96 bits per heavy atom. The number of hydrogen-bond acceptors (Lipinski definition) is 2. The van der Waals surface area contributed by atoms with E-state index in [1.54, 1.807) is 0 Å². The van der Waals surface area contributed by atoms with Gasteiger partial charge in [0.25, 0.3) is 0 Å².